The second-order valence-corrected chi connectivity index (χ2v) is 18.0. The van der Waals surface area contributed by atoms with Gasteiger partial charge in [-0.25, -0.2) is 0 Å². The predicted molar refractivity (Wildman–Crippen MR) is 247 cm³/mol. The van der Waals surface area contributed by atoms with Gasteiger partial charge in [0.15, 0.2) is 6.10 Å². The highest BCUT2D eigenvalue weighted by Gasteiger charge is 2.16. The Bertz CT molecular complexity index is 784. The van der Waals surface area contributed by atoms with Crippen molar-refractivity contribution in [2.45, 2.75) is 309 Å². The molecule has 0 aliphatic heterocycles. The van der Waals surface area contributed by atoms with E-state index in [1.54, 1.807) is 0 Å². The van der Waals surface area contributed by atoms with Crippen molar-refractivity contribution < 1.29 is 24.2 Å². The summed E-state index contributed by atoms with van der Waals surface area (Å²) in [5, 5.41) is 9.62. The van der Waals surface area contributed by atoms with Gasteiger partial charge in [-0.15, -0.1) is 0 Å². The van der Waals surface area contributed by atoms with E-state index in [1.807, 2.05) is 0 Å². The smallest absolute Gasteiger partial charge is 0.306 e. The molecule has 0 aliphatic carbocycles. The second kappa shape index (κ2) is 49.3. The zero-order valence-corrected chi connectivity index (χ0v) is 38.9. The summed E-state index contributed by atoms with van der Waals surface area (Å²) in [6.07, 6.45) is 57.8. The number of esters is 2. The number of unbranched alkanes of at least 4 members (excludes halogenated alkanes) is 41. The number of aliphatic hydroxyl groups is 1. The van der Waals surface area contributed by atoms with Gasteiger partial charge in [0.2, 0.25) is 0 Å². The number of aliphatic hydroxyl groups excluding tert-OH is 1. The van der Waals surface area contributed by atoms with Gasteiger partial charge in [-0.1, -0.05) is 277 Å². The van der Waals surface area contributed by atoms with Crippen molar-refractivity contribution in [3.63, 3.8) is 0 Å². The summed E-state index contributed by atoms with van der Waals surface area (Å²) in [6.45, 7) is 4.20. The van der Waals surface area contributed by atoms with E-state index in [1.165, 1.54) is 244 Å². The molecule has 0 fully saturated rings. The monoisotopic (exact) mass is 807 g/mol. The van der Waals surface area contributed by atoms with E-state index in [4.69, 9.17) is 9.47 Å². The Morgan fingerprint density at radius 2 is 0.544 bits per heavy atom. The lowest BCUT2D eigenvalue weighted by Crippen LogP contribution is -2.28. The Balaban J connectivity index is 3.40. The molecule has 1 N–H and O–H groups in total. The highest BCUT2D eigenvalue weighted by molar-refractivity contribution is 5.70. The molecule has 340 valence electrons. The predicted octanol–water partition coefficient (Wildman–Crippen LogP) is 17.0. The van der Waals surface area contributed by atoms with Gasteiger partial charge in [-0.3, -0.25) is 9.59 Å². The summed E-state index contributed by atoms with van der Waals surface area (Å²) in [5.74, 6) is -0.566. The lowest BCUT2D eigenvalue weighted by molar-refractivity contribution is -0.161. The Morgan fingerprint density at radius 1 is 0.333 bits per heavy atom. The van der Waals surface area contributed by atoms with Crippen LogP contribution in [0.25, 0.3) is 0 Å². The summed E-state index contributed by atoms with van der Waals surface area (Å²) in [5.41, 5.74) is 0. The largest absolute Gasteiger partial charge is 0.462 e. The molecule has 1 unspecified atom stereocenters. The maximum atomic E-state index is 12.3. The van der Waals surface area contributed by atoms with Gasteiger partial charge in [0.05, 0.1) is 6.61 Å². The van der Waals surface area contributed by atoms with Crippen LogP contribution in [-0.2, 0) is 19.1 Å². The zero-order chi connectivity index (χ0) is 41.4. The van der Waals surface area contributed by atoms with Gasteiger partial charge in [0.25, 0.3) is 0 Å². The van der Waals surface area contributed by atoms with Gasteiger partial charge in [-0.05, 0) is 12.8 Å². The lowest BCUT2D eigenvalue weighted by Gasteiger charge is -2.15. The topological polar surface area (TPSA) is 72.8 Å². The first-order valence-corrected chi connectivity index (χ1v) is 26.1. The van der Waals surface area contributed by atoms with E-state index in [2.05, 4.69) is 13.8 Å². The highest BCUT2D eigenvalue weighted by atomic mass is 16.6. The van der Waals surface area contributed by atoms with Gasteiger partial charge in [-0.2, -0.15) is 0 Å². The molecule has 0 heterocycles. The van der Waals surface area contributed by atoms with Crippen molar-refractivity contribution in [3.8, 4) is 0 Å². The summed E-state index contributed by atoms with van der Waals surface area (Å²) in [6, 6.07) is 0. The minimum Gasteiger partial charge on any atom is -0.462 e. The molecule has 0 aromatic carbocycles. The summed E-state index contributed by atoms with van der Waals surface area (Å²) in [7, 11) is 0. The third-order valence-electron chi connectivity index (χ3n) is 12.2. The number of hydrogen-bond acceptors (Lipinski definition) is 5. The Hall–Kier alpha value is -1.10. The van der Waals surface area contributed by atoms with Crippen LogP contribution in [0.5, 0.6) is 0 Å². The molecular formula is C52H102O5. The average Bonchev–Trinajstić information content (AvgIpc) is 3.21. The van der Waals surface area contributed by atoms with Gasteiger partial charge in [0.1, 0.15) is 6.61 Å². The molecule has 0 aromatic rings. The number of rotatable bonds is 49. The second-order valence-electron chi connectivity index (χ2n) is 18.0. The first kappa shape index (κ1) is 55.9. The van der Waals surface area contributed by atoms with Crippen molar-refractivity contribution in [2.75, 3.05) is 13.2 Å². The summed E-state index contributed by atoms with van der Waals surface area (Å²) < 4.78 is 10.7. The van der Waals surface area contributed by atoms with E-state index in [9.17, 15) is 14.7 Å². The normalized spacial score (nSPS) is 12.0. The number of carbonyl (C=O) groups is 2. The Kier molecular flexibility index (Phi) is 48.3. The molecule has 57 heavy (non-hydrogen) atoms. The van der Waals surface area contributed by atoms with E-state index >= 15 is 0 Å². The molecule has 0 aliphatic rings. The van der Waals surface area contributed by atoms with Crippen LogP contribution >= 0.6 is 0 Å². The molecule has 0 saturated carbocycles. The molecular weight excluding hydrogens is 705 g/mol. The van der Waals surface area contributed by atoms with E-state index < -0.39 is 6.10 Å². The van der Waals surface area contributed by atoms with Crippen LogP contribution in [0.4, 0.5) is 0 Å². The first-order valence-electron chi connectivity index (χ1n) is 26.1. The zero-order valence-electron chi connectivity index (χ0n) is 38.9. The Labute approximate surface area is 357 Å². The van der Waals surface area contributed by atoms with Crippen LogP contribution in [0, 0.1) is 0 Å². The van der Waals surface area contributed by atoms with Crippen LogP contribution in [0.2, 0.25) is 0 Å². The van der Waals surface area contributed by atoms with Crippen LogP contribution in [0.1, 0.15) is 303 Å². The van der Waals surface area contributed by atoms with Crippen molar-refractivity contribution >= 4 is 11.9 Å². The van der Waals surface area contributed by atoms with E-state index in [0.717, 1.165) is 32.1 Å². The molecule has 0 amide bonds. The van der Waals surface area contributed by atoms with Crippen molar-refractivity contribution in [2.24, 2.45) is 0 Å². The van der Waals surface area contributed by atoms with Gasteiger partial charge in [0, 0.05) is 12.8 Å². The first-order chi connectivity index (χ1) is 28.1. The lowest BCUT2D eigenvalue weighted by atomic mass is 10.0. The third-order valence-corrected chi connectivity index (χ3v) is 12.2. The minimum atomic E-state index is -0.763. The molecule has 5 heteroatoms. The van der Waals surface area contributed by atoms with Crippen LogP contribution < -0.4 is 0 Å². The van der Waals surface area contributed by atoms with Crippen LogP contribution in [-0.4, -0.2) is 36.4 Å². The van der Waals surface area contributed by atoms with Crippen molar-refractivity contribution in [1.82, 2.24) is 0 Å². The molecule has 0 saturated heterocycles. The highest BCUT2D eigenvalue weighted by Crippen LogP contribution is 2.18. The van der Waals surface area contributed by atoms with Crippen LogP contribution in [0.15, 0.2) is 0 Å². The quantitative estimate of drug-likeness (QED) is 0.0490. The number of hydrogen-bond donors (Lipinski definition) is 1. The molecule has 0 bridgehead atoms. The number of carbonyl (C=O) groups excluding carboxylic acids is 2. The molecule has 1 atom stereocenters. The molecule has 0 radical (unpaired) electrons. The van der Waals surface area contributed by atoms with Crippen LogP contribution in [0.3, 0.4) is 0 Å². The molecule has 0 aromatic heterocycles. The maximum Gasteiger partial charge on any atom is 0.306 e. The van der Waals surface area contributed by atoms with Crippen molar-refractivity contribution in [3.05, 3.63) is 0 Å². The van der Waals surface area contributed by atoms with Crippen molar-refractivity contribution in [1.29, 1.82) is 0 Å². The fourth-order valence-electron chi connectivity index (χ4n) is 8.21. The van der Waals surface area contributed by atoms with E-state index in [-0.39, 0.29) is 25.2 Å². The summed E-state index contributed by atoms with van der Waals surface area (Å²) in [4.78, 5) is 24.4. The fourth-order valence-corrected chi connectivity index (χ4v) is 8.21. The van der Waals surface area contributed by atoms with E-state index in [0.29, 0.717) is 12.8 Å². The molecule has 5 nitrogen and oxygen atoms in total. The SMILES string of the molecule is CCCCCCCCCCCCCCCCCCCCCCCCCCCCC(=O)OC(CO)COC(=O)CCCCCCCCCCCCCCCCCCC. The Morgan fingerprint density at radius 3 is 0.772 bits per heavy atom. The third kappa shape index (κ3) is 47.5. The average molecular weight is 807 g/mol. The van der Waals surface area contributed by atoms with Gasteiger partial charge < -0.3 is 14.6 Å². The maximum absolute atomic E-state index is 12.3. The fraction of sp³-hybridized carbons (Fsp3) is 0.962. The standard InChI is InChI=1S/C52H102O5/c1-3-5-7-9-11-13-15-17-19-21-22-23-24-25-26-27-28-29-31-33-35-37-39-41-43-45-47-52(55)57-50(48-53)49-56-51(54)46-44-42-40-38-36-34-32-30-20-18-16-14-12-10-8-6-4-2/h50,53H,3-49H2,1-2H3. The minimum absolute atomic E-state index is 0.0560. The number of ether oxygens (including phenoxy) is 2. The molecule has 0 rings (SSSR count). The molecule has 0 spiro atoms. The summed E-state index contributed by atoms with van der Waals surface area (Å²) >= 11 is 0. The van der Waals surface area contributed by atoms with Gasteiger partial charge >= 0.3 is 11.9 Å².